The summed E-state index contributed by atoms with van der Waals surface area (Å²) in [6, 6.07) is 0. The van der Waals surface area contributed by atoms with Crippen molar-refractivity contribution in [3.63, 3.8) is 0 Å². The summed E-state index contributed by atoms with van der Waals surface area (Å²) in [4.78, 5) is 16.4. The lowest BCUT2D eigenvalue weighted by Crippen LogP contribution is -2.05. The summed E-state index contributed by atoms with van der Waals surface area (Å²) in [5.41, 5.74) is 8.96. The minimum absolute atomic E-state index is 0.112. The zero-order valence-corrected chi connectivity index (χ0v) is 11.1. The maximum absolute atomic E-state index is 11.8. The van der Waals surface area contributed by atoms with Crippen LogP contribution in [-0.4, -0.2) is 20.5 Å². The molecule has 0 fully saturated rings. The molecule has 0 unspecified atom stereocenters. The first kappa shape index (κ1) is 12.1. The highest BCUT2D eigenvalue weighted by Crippen LogP contribution is 2.31. The average Bonchev–Trinajstić information content (AvgIpc) is 2.96. The Hall–Kier alpha value is -1.91. The fourth-order valence-corrected chi connectivity index (χ4v) is 2.68. The molecule has 1 aliphatic carbocycles. The van der Waals surface area contributed by atoms with E-state index >= 15 is 0 Å². The van der Waals surface area contributed by atoms with Gasteiger partial charge in [-0.25, -0.2) is 9.67 Å². The molecule has 2 aromatic heterocycles. The zero-order chi connectivity index (χ0) is 13.4. The predicted octanol–water partition coefficient (Wildman–Crippen LogP) is 2.33. The van der Waals surface area contributed by atoms with Crippen molar-refractivity contribution in [1.82, 2.24) is 14.8 Å². The van der Waals surface area contributed by atoms with E-state index in [9.17, 15) is 4.79 Å². The second kappa shape index (κ2) is 4.64. The standard InChI is InChI=1S/C14H18N4O/c1-2-3-4-7-18-14-9(8-16-18)13(15)12-10(17-14)5-6-11(12)19/h8H,2-7H2,1H3,(H2,15,17). The summed E-state index contributed by atoms with van der Waals surface area (Å²) in [5, 5.41) is 5.17. The van der Waals surface area contributed by atoms with Gasteiger partial charge >= 0.3 is 0 Å². The topological polar surface area (TPSA) is 73.8 Å². The van der Waals surface area contributed by atoms with Gasteiger partial charge in [0, 0.05) is 13.0 Å². The van der Waals surface area contributed by atoms with Gasteiger partial charge in [0.2, 0.25) is 0 Å². The number of ketones is 1. The molecule has 2 heterocycles. The Morgan fingerprint density at radius 2 is 2.21 bits per heavy atom. The lowest BCUT2D eigenvalue weighted by Gasteiger charge is -2.06. The van der Waals surface area contributed by atoms with Gasteiger partial charge in [-0.05, 0) is 12.8 Å². The number of aromatic nitrogens is 3. The van der Waals surface area contributed by atoms with Crippen molar-refractivity contribution in [1.29, 1.82) is 0 Å². The van der Waals surface area contributed by atoms with Crippen LogP contribution in [0.2, 0.25) is 0 Å². The molecule has 19 heavy (non-hydrogen) atoms. The molecule has 0 saturated carbocycles. The monoisotopic (exact) mass is 258 g/mol. The van der Waals surface area contributed by atoms with E-state index in [1.165, 1.54) is 12.8 Å². The van der Waals surface area contributed by atoms with E-state index in [0.717, 1.165) is 29.7 Å². The Bertz CT molecular complexity index is 644. The second-order valence-electron chi connectivity index (χ2n) is 5.08. The van der Waals surface area contributed by atoms with Gasteiger partial charge in [0.15, 0.2) is 11.4 Å². The summed E-state index contributed by atoms with van der Waals surface area (Å²) in [7, 11) is 0. The third kappa shape index (κ3) is 1.89. The van der Waals surface area contributed by atoms with Crippen LogP contribution in [0.1, 0.15) is 48.7 Å². The molecule has 2 N–H and O–H groups in total. The van der Waals surface area contributed by atoms with Crippen LogP contribution in [0.25, 0.3) is 11.0 Å². The first-order valence-corrected chi connectivity index (χ1v) is 6.89. The number of carbonyl (C=O) groups is 1. The van der Waals surface area contributed by atoms with Gasteiger partial charge in [0.1, 0.15) is 0 Å². The molecule has 2 aromatic rings. The minimum atomic E-state index is 0.112. The number of nitrogens with two attached hydrogens (primary N) is 1. The molecule has 0 bridgehead atoms. The Kier molecular flexibility index (Phi) is 2.97. The van der Waals surface area contributed by atoms with E-state index in [1.54, 1.807) is 6.20 Å². The van der Waals surface area contributed by atoms with Gasteiger partial charge in [0.05, 0.1) is 28.5 Å². The summed E-state index contributed by atoms with van der Waals surface area (Å²) < 4.78 is 1.91. The molecule has 0 spiro atoms. The third-order valence-corrected chi connectivity index (χ3v) is 3.74. The summed E-state index contributed by atoms with van der Waals surface area (Å²) in [6.07, 6.45) is 6.41. The zero-order valence-electron chi connectivity index (χ0n) is 11.1. The largest absolute Gasteiger partial charge is 0.397 e. The van der Waals surface area contributed by atoms with Crippen molar-refractivity contribution in [3.05, 3.63) is 17.5 Å². The molecule has 0 amide bonds. The molecule has 3 rings (SSSR count). The first-order valence-electron chi connectivity index (χ1n) is 6.89. The number of hydrogen-bond donors (Lipinski definition) is 1. The lowest BCUT2D eigenvalue weighted by atomic mass is 10.1. The van der Waals surface area contributed by atoms with Crippen LogP contribution in [0.15, 0.2) is 6.20 Å². The van der Waals surface area contributed by atoms with Gasteiger partial charge < -0.3 is 5.73 Å². The molecular formula is C14H18N4O. The number of unbranched alkanes of at least 4 members (excludes halogenated alkanes) is 2. The van der Waals surface area contributed by atoms with Crippen LogP contribution < -0.4 is 5.73 Å². The van der Waals surface area contributed by atoms with Crippen LogP contribution in [0, 0.1) is 0 Å². The number of carbonyl (C=O) groups excluding carboxylic acids is 1. The molecule has 5 nitrogen and oxygen atoms in total. The Balaban J connectivity index is 2.05. The number of anilines is 1. The molecule has 1 aliphatic rings. The minimum Gasteiger partial charge on any atom is -0.397 e. The smallest absolute Gasteiger partial charge is 0.167 e. The number of nitrogen functional groups attached to an aromatic ring is 1. The molecule has 0 atom stereocenters. The van der Waals surface area contributed by atoms with Crippen molar-refractivity contribution < 1.29 is 4.79 Å². The fraction of sp³-hybridized carbons (Fsp3) is 0.500. The number of rotatable bonds is 4. The van der Waals surface area contributed by atoms with Crippen LogP contribution in [0.3, 0.4) is 0 Å². The molecule has 0 aromatic carbocycles. The number of nitrogens with zero attached hydrogens (tertiary/aromatic N) is 3. The molecule has 100 valence electrons. The van der Waals surface area contributed by atoms with Crippen molar-refractivity contribution in [2.75, 3.05) is 5.73 Å². The van der Waals surface area contributed by atoms with Crippen LogP contribution in [0.4, 0.5) is 5.69 Å². The quantitative estimate of drug-likeness (QED) is 0.854. The van der Waals surface area contributed by atoms with Gasteiger partial charge in [-0.3, -0.25) is 4.79 Å². The maximum atomic E-state index is 11.8. The Morgan fingerprint density at radius 3 is 3.00 bits per heavy atom. The number of aryl methyl sites for hydroxylation is 2. The van der Waals surface area contributed by atoms with Gasteiger partial charge in [-0.15, -0.1) is 0 Å². The fourth-order valence-electron chi connectivity index (χ4n) is 2.68. The maximum Gasteiger partial charge on any atom is 0.167 e. The number of hydrogen-bond acceptors (Lipinski definition) is 4. The molecule has 0 aliphatic heterocycles. The SMILES string of the molecule is CCCCCn1ncc2c(N)c3c(nc21)CCC3=O. The third-order valence-electron chi connectivity index (χ3n) is 3.74. The molecule has 5 heteroatoms. The predicted molar refractivity (Wildman–Crippen MR) is 74.1 cm³/mol. The van der Waals surface area contributed by atoms with E-state index in [1.807, 2.05) is 4.68 Å². The highest BCUT2D eigenvalue weighted by atomic mass is 16.1. The van der Waals surface area contributed by atoms with E-state index in [0.29, 0.717) is 24.1 Å². The van der Waals surface area contributed by atoms with Gasteiger partial charge in [-0.1, -0.05) is 19.8 Å². The average molecular weight is 258 g/mol. The van der Waals surface area contributed by atoms with Crippen LogP contribution in [0.5, 0.6) is 0 Å². The van der Waals surface area contributed by atoms with Crippen LogP contribution in [-0.2, 0) is 13.0 Å². The second-order valence-corrected chi connectivity index (χ2v) is 5.08. The van der Waals surface area contributed by atoms with E-state index < -0.39 is 0 Å². The van der Waals surface area contributed by atoms with Gasteiger partial charge in [0.25, 0.3) is 0 Å². The normalized spacial score (nSPS) is 14.3. The van der Waals surface area contributed by atoms with E-state index in [4.69, 9.17) is 5.73 Å². The van der Waals surface area contributed by atoms with E-state index in [-0.39, 0.29) is 5.78 Å². The lowest BCUT2D eigenvalue weighted by molar-refractivity contribution is 0.0995. The summed E-state index contributed by atoms with van der Waals surface area (Å²) in [5.74, 6) is 0.112. The number of Topliss-reactive ketones (excluding diaryl/α,β-unsaturated/α-hetero) is 1. The van der Waals surface area contributed by atoms with Crippen molar-refractivity contribution >= 4 is 22.5 Å². The Morgan fingerprint density at radius 1 is 1.37 bits per heavy atom. The highest BCUT2D eigenvalue weighted by Gasteiger charge is 2.26. The van der Waals surface area contributed by atoms with E-state index in [2.05, 4.69) is 17.0 Å². The highest BCUT2D eigenvalue weighted by molar-refractivity contribution is 6.09. The molecule has 0 radical (unpaired) electrons. The number of pyridine rings is 1. The molecule has 0 saturated heterocycles. The number of fused-ring (bicyclic) bond motifs is 2. The summed E-state index contributed by atoms with van der Waals surface area (Å²) >= 11 is 0. The van der Waals surface area contributed by atoms with Crippen molar-refractivity contribution in [2.45, 2.75) is 45.6 Å². The summed E-state index contributed by atoms with van der Waals surface area (Å²) in [6.45, 7) is 3.03. The van der Waals surface area contributed by atoms with Gasteiger partial charge in [-0.2, -0.15) is 5.10 Å². The van der Waals surface area contributed by atoms with Crippen molar-refractivity contribution in [3.8, 4) is 0 Å². The first-order chi connectivity index (χ1) is 9.22. The Labute approximate surface area is 111 Å². The van der Waals surface area contributed by atoms with Crippen molar-refractivity contribution in [2.24, 2.45) is 0 Å². The molecular weight excluding hydrogens is 240 g/mol. The van der Waals surface area contributed by atoms with Crippen LogP contribution >= 0.6 is 0 Å².